The number of nitrogens with zero attached hydrogens (tertiary/aromatic N) is 1. The number of benzene rings is 3. The van der Waals surface area contributed by atoms with Gasteiger partial charge in [-0.1, -0.05) is 35.2 Å². The highest BCUT2D eigenvalue weighted by atomic mass is 32.2. The molecule has 1 fully saturated rings. The van der Waals surface area contributed by atoms with E-state index >= 15 is 0 Å². The van der Waals surface area contributed by atoms with Crippen LogP contribution in [0.2, 0.25) is 0 Å². The number of phenolic OH excluding ortho intramolecular Hbond substituents is 1. The molecule has 2 aliphatic rings. The zero-order chi connectivity index (χ0) is 28.7. The SMILES string of the molecule is COc1ccc(N2C(=O)[C@H]3[C@H](c4cccc(OCC(=O)Nc5ccc(O)cc5)c4)c4sc(=O)[nH]c4S[C@H]3C2=O)cc1. The number of thiazole rings is 1. The van der Waals surface area contributed by atoms with E-state index in [1.807, 2.05) is 6.07 Å². The molecule has 12 heteroatoms. The van der Waals surface area contributed by atoms with Gasteiger partial charge in [-0.2, -0.15) is 0 Å². The Labute approximate surface area is 241 Å². The largest absolute Gasteiger partial charge is 0.508 e. The van der Waals surface area contributed by atoms with Crippen LogP contribution in [0.4, 0.5) is 11.4 Å². The van der Waals surface area contributed by atoms with Crippen molar-refractivity contribution in [2.24, 2.45) is 5.92 Å². The number of aromatic nitrogens is 1. The fourth-order valence-electron chi connectivity index (χ4n) is 5.05. The maximum atomic E-state index is 13.9. The molecule has 0 radical (unpaired) electrons. The van der Waals surface area contributed by atoms with Crippen molar-refractivity contribution < 1.29 is 29.0 Å². The van der Waals surface area contributed by atoms with E-state index < -0.39 is 23.0 Å². The molecule has 0 aliphatic carbocycles. The van der Waals surface area contributed by atoms with Crippen LogP contribution in [-0.2, 0) is 14.4 Å². The highest BCUT2D eigenvalue weighted by Crippen LogP contribution is 2.53. The van der Waals surface area contributed by atoms with Gasteiger partial charge in [0, 0.05) is 16.5 Å². The molecule has 4 aromatic rings. The first-order valence-corrected chi connectivity index (χ1v) is 14.2. The second kappa shape index (κ2) is 10.8. The normalized spacial score (nSPS) is 19.4. The number of thioether (sulfide) groups is 1. The topological polar surface area (TPSA) is 138 Å². The quantitative estimate of drug-likeness (QED) is 0.218. The molecular weight excluding hydrogens is 566 g/mol. The minimum absolute atomic E-state index is 0.0876. The van der Waals surface area contributed by atoms with Crippen molar-refractivity contribution in [3.05, 3.63) is 92.9 Å². The molecule has 208 valence electrons. The molecule has 2 aliphatic heterocycles. The number of carbonyl (C=O) groups excluding carboxylic acids is 3. The molecule has 6 rings (SSSR count). The Balaban J connectivity index is 1.28. The second-order valence-corrected chi connectivity index (χ2v) is 11.6. The first-order chi connectivity index (χ1) is 19.8. The number of H-pyrrole nitrogens is 1. The highest BCUT2D eigenvalue weighted by Gasteiger charge is 2.56. The van der Waals surface area contributed by atoms with Gasteiger partial charge in [0.05, 0.1) is 23.7 Å². The Morgan fingerprint density at radius 1 is 1.00 bits per heavy atom. The minimum Gasteiger partial charge on any atom is -0.508 e. The molecule has 0 bridgehead atoms. The Morgan fingerprint density at radius 2 is 1.76 bits per heavy atom. The Bertz CT molecular complexity index is 1700. The summed E-state index contributed by atoms with van der Waals surface area (Å²) in [5.41, 5.74) is 1.64. The van der Waals surface area contributed by atoms with E-state index in [0.29, 0.717) is 38.3 Å². The van der Waals surface area contributed by atoms with Gasteiger partial charge in [-0.15, -0.1) is 0 Å². The van der Waals surface area contributed by atoms with E-state index in [4.69, 9.17) is 9.47 Å². The predicted octanol–water partition coefficient (Wildman–Crippen LogP) is 3.96. The van der Waals surface area contributed by atoms with E-state index in [9.17, 15) is 24.3 Å². The van der Waals surface area contributed by atoms with E-state index in [2.05, 4.69) is 10.3 Å². The maximum Gasteiger partial charge on any atom is 0.305 e. The molecule has 10 nitrogen and oxygen atoms in total. The molecule has 0 spiro atoms. The van der Waals surface area contributed by atoms with Crippen LogP contribution in [0.1, 0.15) is 16.4 Å². The van der Waals surface area contributed by atoms with Crippen LogP contribution in [0.15, 0.2) is 82.6 Å². The number of carbonyl (C=O) groups is 3. The van der Waals surface area contributed by atoms with Crippen LogP contribution in [0.5, 0.6) is 17.2 Å². The maximum absolute atomic E-state index is 13.9. The monoisotopic (exact) mass is 589 g/mol. The van der Waals surface area contributed by atoms with Crippen LogP contribution < -0.4 is 24.6 Å². The summed E-state index contributed by atoms with van der Waals surface area (Å²) < 4.78 is 11.0. The summed E-state index contributed by atoms with van der Waals surface area (Å²) in [6, 6.07) is 19.8. The number of amides is 3. The Morgan fingerprint density at radius 3 is 2.49 bits per heavy atom. The van der Waals surface area contributed by atoms with E-state index in [1.54, 1.807) is 54.6 Å². The molecule has 41 heavy (non-hydrogen) atoms. The summed E-state index contributed by atoms with van der Waals surface area (Å²) in [5.74, 6) is -1.34. The van der Waals surface area contributed by atoms with Crippen LogP contribution >= 0.6 is 23.1 Å². The smallest absolute Gasteiger partial charge is 0.305 e. The Hall–Kier alpha value is -4.55. The minimum atomic E-state index is -0.749. The van der Waals surface area contributed by atoms with Gasteiger partial charge in [-0.25, -0.2) is 4.90 Å². The summed E-state index contributed by atoms with van der Waals surface area (Å²) in [4.78, 5) is 56.7. The third-order valence-corrected chi connectivity index (χ3v) is 9.29. The lowest BCUT2D eigenvalue weighted by atomic mass is 9.83. The number of rotatable bonds is 7. The van der Waals surface area contributed by atoms with Crippen LogP contribution in [0, 0.1) is 5.92 Å². The molecule has 3 heterocycles. The van der Waals surface area contributed by atoms with Crippen molar-refractivity contribution in [3.63, 3.8) is 0 Å². The average Bonchev–Trinajstić information content (AvgIpc) is 3.47. The molecule has 3 amide bonds. The van der Waals surface area contributed by atoms with Crippen molar-refractivity contribution in [2.45, 2.75) is 16.2 Å². The average molecular weight is 590 g/mol. The molecule has 1 aromatic heterocycles. The number of aromatic hydroxyl groups is 1. The predicted molar refractivity (Wildman–Crippen MR) is 154 cm³/mol. The number of imide groups is 1. The number of fused-ring (bicyclic) bond motifs is 2. The van der Waals surface area contributed by atoms with Crippen molar-refractivity contribution in [2.75, 3.05) is 23.9 Å². The van der Waals surface area contributed by atoms with Crippen LogP contribution in [0.25, 0.3) is 0 Å². The fourth-order valence-corrected chi connectivity index (χ4v) is 7.57. The van der Waals surface area contributed by atoms with Gasteiger partial charge < -0.3 is 24.9 Å². The lowest BCUT2D eigenvalue weighted by molar-refractivity contribution is -0.122. The zero-order valence-corrected chi connectivity index (χ0v) is 23.2. The lowest BCUT2D eigenvalue weighted by Gasteiger charge is -2.30. The van der Waals surface area contributed by atoms with Crippen molar-refractivity contribution >= 4 is 52.2 Å². The highest BCUT2D eigenvalue weighted by molar-refractivity contribution is 8.00. The third-order valence-electron chi connectivity index (χ3n) is 6.89. The van der Waals surface area contributed by atoms with Crippen molar-refractivity contribution in [3.8, 4) is 17.2 Å². The van der Waals surface area contributed by atoms with Crippen LogP contribution in [-0.4, -0.2) is 46.8 Å². The summed E-state index contributed by atoms with van der Waals surface area (Å²) in [6.07, 6.45) is 0. The van der Waals surface area contributed by atoms with E-state index in [0.717, 1.165) is 11.3 Å². The number of aromatic amines is 1. The van der Waals surface area contributed by atoms with Gasteiger partial charge in [0.15, 0.2) is 6.61 Å². The van der Waals surface area contributed by atoms with Crippen molar-refractivity contribution in [1.29, 1.82) is 0 Å². The number of nitrogens with one attached hydrogen (secondary N) is 2. The number of hydrogen-bond donors (Lipinski definition) is 3. The summed E-state index contributed by atoms with van der Waals surface area (Å²) in [5, 5.41) is 11.9. The third kappa shape index (κ3) is 5.07. The van der Waals surface area contributed by atoms with Gasteiger partial charge in [0.25, 0.3) is 5.91 Å². The van der Waals surface area contributed by atoms with E-state index in [-0.39, 0.29) is 29.0 Å². The fraction of sp³-hybridized carbons (Fsp3) is 0.172. The molecule has 3 N–H and O–H groups in total. The van der Waals surface area contributed by atoms with Gasteiger partial charge in [-0.05, 0) is 66.2 Å². The number of methoxy groups -OCH3 is 1. The molecule has 1 saturated heterocycles. The first kappa shape index (κ1) is 26.7. The van der Waals surface area contributed by atoms with Gasteiger partial charge in [0.2, 0.25) is 11.8 Å². The lowest BCUT2D eigenvalue weighted by Crippen LogP contribution is -2.32. The zero-order valence-electron chi connectivity index (χ0n) is 21.5. The van der Waals surface area contributed by atoms with Gasteiger partial charge in [-0.3, -0.25) is 19.2 Å². The van der Waals surface area contributed by atoms with Crippen molar-refractivity contribution in [1.82, 2.24) is 4.98 Å². The van der Waals surface area contributed by atoms with Gasteiger partial charge >= 0.3 is 4.87 Å². The summed E-state index contributed by atoms with van der Waals surface area (Å²) >= 11 is 2.22. The number of anilines is 2. The van der Waals surface area contributed by atoms with Gasteiger partial charge in [0.1, 0.15) is 22.5 Å². The molecule has 0 saturated carbocycles. The van der Waals surface area contributed by atoms with E-state index in [1.165, 1.54) is 35.9 Å². The summed E-state index contributed by atoms with van der Waals surface area (Å²) in [6.45, 7) is -0.275. The Kier molecular flexibility index (Phi) is 7.01. The summed E-state index contributed by atoms with van der Waals surface area (Å²) in [7, 11) is 1.54. The molecule has 3 atom stereocenters. The molecule has 0 unspecified atom stereocenters. The standard InChI is InChI=1S/C29H23N3O7S2/c1-38-19-11-7-17(8-12-19)32-27(35)23-22(24-26(31-29(37)41-24)40-25(23)28(32)36)15-3-2-4-20(13-15)39-14-21(34)30-16-5-9-18(33)10-6-16/h2-13,22-23,25,33H,14H2,1H3,(H,30,34)(H,31,37)/t22-,23-,25+/m0/s1. The molecular formula is C29H23N3O7S2. The van der Waals surface area contributed by atoms with Crippen LogP contribution in [0.3, 0.4) is 0 Å². The number of phenols is 1. The number of ether oxygens (including phenoxy) is 2. The number of hydrogen-bond acceptors (Lipinski definition) is 9. The first-order valence-electron chi connectivity index (χ1n) is 12.6. The molecule has 3 aromatic carbocycles. The second-order valence-electron chi connectivity index (χ2n) is 9.42.